The van der Waals surface area contributed by atoms with Crippen LogP contribution in [-0.4, -0.2) is 28.0 Å². The zero-order valence-electron chi connectivity index (χ0n) is 15.8. The number of aliphatic imine (C=N–C) groups is 1. The molecule has 0 saturated heterocycles. The van der Waals surface area contributed by atoms with E-state index in [4.69, 9.17) is 10.5 Å². The molecule has 2 heterocycles. The fourth-order valence-corrected chi connectivity index (χ4v) is 2.69. The van der Waals surface area contributed by atoms with Crippen molar-refractivity contribution in [1.82, 2.24) is 9.38 Å². The van der Waals surface area contributed by atoms with Crippen molar-refractivity contribution in [3.63, 3.8) is 0 Å². The minimum Gasteiger partial charge on any atom is -0.491 e. The first-order valence-electron chi connectivity index (χ1n) is 8.78. The average molecular weight is 479 g/mol. The summed E-state index contributed by atoms with van der Waals surface area (Å²) in [7, 11) is 0. The zero-order valence-corrected chi connectivity index (χ0v) is 18.2. The lowest BCUT2D eigenvalue weighted by atomic mass is 10.3. The van der Waals surface area contributed by atoms with Gasteiger partial charge in [0.15, 0.2) is 5.96 Å². The molecule has 0 aliphatic rings. The van der Waals surface area contributed by atoms with Crippen LogP contribution in [0.5, 0.6) is 5.75 Å². The highest BCUT2D eigenvalue weighted by atomic mass is 127. The summed E-state index contributed by atoms with van der Waals surface area (Å²) in [6.45, 7) is 6.64. The Labute approximate surface area is 176 Å². The second kappa shape index (κ2) is 9.59. The molecule has 3 rings (SSSR count). The number of guanidine groups is 1. The van der Waals surface area contributed by atoms with Gasteiger partial charge in [0.05, 0.1) is 11.8 Å². The van der Waals surface area contributed by atoms with E-state index in [9.17, 15) is 0 Å². The number of anilines is 1. The number of hydrogen-bond donors (Lipinski definition) is 2. The molecule has 0 aliphatic heterocycles. The summed E-state index contributed by atoms with van der Waals surface area (Å²) in [6.07, 6.45) is 4.94. The number of hydrogen-bond acceptors (Lipinski definition) is 3. The summed E-state index contributed by atoms with van der Waals surface area (Å²) in [5, 5.41) is 3.09. The quantitative estimate of drug-likeness (QED) is 0.318. The van der Waals surface area contributed by atoms with Gasteiger partial charge in [0.2, 0.25) is 0 Å². The van der Waals surface area contributed by atoms with E-state index in [-0.39, 0.29) is 30.1 Å². The average Bonchev–Trinajstić information content (AvgIpc) is 3.00. The minimum absolute atomic E-state index is 0. The normalized spacial score (nSPS) is 11.5. The van der Waals surface area contributed by atoms with Gasteiger partial charge in [-0.15, -0.1) is 24.0 Å². The first kappa shape index (κ1) is 21.0. The molecule has 7 heteroatoms. The van der Waals surface area contributed by atoms with Crippen molar-refractivity contribution in [3.8, 4) is 5.75 Å². The van der Waals surface area contributed by atoms with E-state index in [1.165, 1.54) is 0 Å². The lowest BCUT2D eigenvalue weighted by Gasteiger charge is -2.10. The number of nitrogens with one attached hydrogen (secondary N) is 1. The van der Waals surface area contributed by atoms with E-state index in [0.29, 0.717) is 12.5 Å². The summed E-state index contributed by atoms with van der Waals surface area (Å²) in [5.74, 6) is 1.23. The van der Waals surface area contributed by atoms with Gasteiger partial charge < -0.3 is 20.2 Å². The molecular formula is C20H26IN5O. The monoisotopic (exact) mass is 479 g/mol. The second-order valence-corrected chi connectivity index (χ2v) is 6.49. The maximum absolute atomic E-state index is 5.97. The third kappa shape index (κ3) is 5.85. The molecule has 1 aromatic carbocycles. The number of halogens is 1. The summed E-state index contributed by atoms with van der Waals surface area (Å²) in [5.41, 5.74) is 10.0. The van der Waals surface area contributed by atoms with Gasteiger partial charge in [-0.3, -0.25) is 4.99 Å². The van der Waals surface area contributed by atoms with E-state index in [2.05, 4.69) is 28.3 Å². The SMILES string of the molecule is Cc1cccn2cc(CCN=C(N)Nc3ccc(OC(C)C)cc3)nc12.I. The number of pyridine rings is 1. The van der Waals surface area contributed by atoms with Crippen LogP contribution in [0, 0.1) is 6.92 Å². The van der Waals surface area contributed by atoms with Crippen molar-refractivity contribution in [3.05, 3.63) is 60.0 Å². The van der Waals surface area contributed by atoms with Crippen LogP contribution in [0.15, 0.2) is 53.8 Å². The molecule has 0 fully saturated rings. The van der Waals surface area contributed by atoms with E-state index in [1.54, 1.807) is 0 Å². The van der Waals surface area contributed by atoms with E-state index < -0.39 is 0 Å². The molecule has 0 atom stereocenters. The molecule has 0 aliphatic carbocycles. The van der Waals surface area contributed by atoms with Gasteiger partial charge in [0, 0.05) is 31.0 Å². The Balaban J connectivity index is 0.00000261. The third-order valence-corrected chi connectivity index (χ3v) is 3.88. The Morgan fingerprint density at radius 3 is 2.67 bits per heavy atom. The predicted molar refractivity (Wildman–Crippen MR) is 121 cm³/mol. The summed E-state index contributed by atoms with van der Waals surface area (Å²) in [6, 6.07) is 11.7. The van der Waals surface area contributed by atoms with Gasteiger partial charge in [-0.1, -0.05) is 6.07 Å². The lowest BCUT2D eigenvalue weighted by Crippen LogP contribution is -2.23. The molecule has 0 radical (unpaired) electrons. The van der Waals surface area contributed by atoms with Crippen molar-refractivity contribution in [2.45, 2.75) is 33.3 Å². The Bertz CT molecular complexity index is 902. The maximum Gasteiger partial charge on any atom is 0.193 e. The van der Waals surface area contributed by atoms with Crippen molar-refractivity contribution < 1.29 is 4.74 Å². The van der Waals surface area contributed by atoms with Crippen LogP contribution in [0.4, 0.5) is 5.69 Å². The first-order chi connectivity index (χ1) is 12.5. The number of fused-ring (bicyclic) bond motifs is 1. The molecule has 0 saturated carbocycles. The fourth-order valence-electron chi connectivity index (χ4n) is 2.69. The topological polar surface area (TPSA) is 76.9 Å². The summed E-state index contributed by atoms with van der Waals surface area (Å²) < 4.78 is 7.66. The van der Waals surface area contributed by atoms with Gasteiger partial charge in [0.25, 0.3) is 0 Å². The van der Waals surface area contributed by atoms with Gasteiger partial charge in [-0.2, -0.15) is 0 Å². The molecule has 3 aromatic rings. The molecule has 0 unspecified atom stereocenters. The van der Waals surface area contributed by atoms with Crippen molar-refractivity contribution >= 4 is 41.3 Å². The van der Waals surface area contributed by atoms with Crippen LogP contribution in [0.25, 0.3) is 5.65 Å². The molecule has 0 spiro atoms. The van der Waals surface area contributed by atoms with Crippen LogP contribution in [-0.2, 0) is 6.42 Å². The van der Waals surface area contributed by atoms with Crippen molar-refractivity contribution in [1.29, 1.82) is 0 Å². The summed E-state index contributed by atoms with van der Waals surface area (Å²) in [4.78, 5) is 9.03. The maximum atomic E-state index is 5.97. The lowest BCUT2D eigenvalue weighted by molar-refractivity contribution is 0.242. The standard InChI is InChI=1S/C20H25N5O.HI/c1-14(2)26-18-8-6-16(7-9-18)24-20(21)22-11-10-17-13-25-12-4-5-15(3)19(25)23-17;/h4-9,12-14H,10-11H2,1-3H3,(H3,21,22,24);1H. The molecule has 3 N–H and O–H groups in total. The Morgan fingerprint density at radius 2 is 2.00 bits per heavy atom. The number of aromatic nitrogens is 2. The third-order valence-electron chi connectivity index (χ3n) is 3.88. The summed E-state index contributed by atoms with van der Waals surface area (Å²) >= 11 is 0. The van der Waals surface area contributed by atoms with Crippen LogP contribution in [0.3, 0.4) is 0 Å². The zero-order chi connectivity index (χ0) is 18.5. The number of rotatable bonds is 6. The van der Waals surface area contributed by atoms with Crippen LogP contribution in [0.2, 0.25) is 0 Å². The number of nitrogens with two attached hydrogens (primary N) is 1. The number of imidazole rings is 1. The Morgan fingerprint density at radius 1 is 1.26 bits per heavy atom. The van der Waals surface area contributed by atoms with Crippen LogP contribution in [0.1, 0.15) is 25.1 Å². The van der Waals surface area contributed by atoms with E-state index in [0.717, 1.165) is 34.8 Å². The molecule has 27 heavy (non-hydrogen) atoms. The van der Waals surface area contributed by atoms with Crippen LogP contribution < -0.4 is 15.8 Å². The molecular weight excluding hydrogens is 453 g/mol. The van der Waals surface area contributed by atoms with E-state index in [1.807, 2.05) is 61.0 Å². The largest absolute Gasteiger partial charge is 0.491 e. The number of aryl methyl sites for hydroxylation is 1. The smallest absolute Gasteiger partial charge is 0.193 e. The fraction of sp³-hybridized carbons (Fsp3) is 0.300. The van der Waals surface area contributed by atoms with E-state index >= 15 is 0 Å². The first-order valence-corrected chi connectivity index (χ1v) is 8.78. The number of nitrogens with zero attached hydrogens (tertiary/aromatic N) is 3. The minimum atomic E-state index is 0. The highest BCUT2D eigenvalue weighted by Crippen LogP contribution is 2.16. The highest BCUT2D eigenvalue weighted by molar-refractivity contribution is 14.0. The molecule has 6 nitrogen and oxygen atoms in total. The second-order valence-electron chi connectivity index (χ2n) is 6.49. The highest BCUT2D eigenvalue weighted by Gasteiger charge is 2.04. The Kier molecular flexibility index (Phi) is 7.46. The van der Waals surface area contributed by atoms with Gasteiger partial charge in [0.1, 0.15) is 11.4 Å². The Hall–Kier alpha value is -2.29. The van der Waals surface area contributed by atoms with Gasteiger partial charge in [-0.25, -0.2) is 4.98 Å². The molecule has 2 aromatic heterocycles. The number of benzene rings is 1. The van der Waals surface area contributed by atoms with Crippen molar-refractivity contribution in [2.75, 3.05) is 11.9 Å². The number of ether oxygens (including phenoxy) is 1. The predicted octanol–water partition coefficient (Wildman–Crippen LogP) is 4.02. The van der Waals surface area contributed by atoms with Crippen LogP contribution >= 0.6 is 24.0 Å². The van der Waals surface area contributed by atoms with Gasteiger partial charge >= 0.3 is 0 Å². The molecule has 0 amide bonds. The molecule has 144 valence electrons. The van der Waals surface area contributed by atoms with Gasteiger partial charge in [-0.05, 0) is 56.7 Å². The van der Waals surface area contributed by atoms with Crippen molar-refractivity contribution in [2.24, 2.45) is 10.7 Å². The molecule has 0 bridgehead atoms.